The molecule has 2 nitrogen and oxygen atoms in total. The Morgan fingerprint density at radius 3 is 0.872 bits per heavy atom. The van der Waals surface area contributed by atoms with Crippen LogP contribution in [0.4, 0.5) is 0 Å². The van der Waals surface area contributed by atoms with E-state index in [-0.39, 0.29) is 0 Å². The third kappa shape index (κ3) is 18.3. The summed E-state index contributed by atoms with van der Waals surface area (Å²) in [4.78, 5) is 5.14. The molecular weight excluding hydrogens is 533 g/mol. The highest BCUT2D eigenvalue weighted by Gasteiger charge is 2.24. The first-order valence-corrected chi connectivity index (χ1v) is 18.7. The van der Waals surface area contributed by atoms with Crippen LogP contribution < -0.4 is 0 Å². The summed E-state index contributed by atoms with van der Waals surface area (Å²) in [5, 5.41) is 0. The van der Waals surface area contributed by atoms with Gasteiger partial charge in [-0.2, -0.15) is 0 Å². The number of rotatable bonds is 24. The second kappa shape index (κ2) is 25.8. The molecule has 0 saturated heterocycles. The molecule has 0 radical (unpaired) electrons. The molecule has 232 valence electrons. The van der Waals surface area contributed by atoms with Crippen LogP contribution in [0, 0.1) is 23.7 Å². The summed E-state index contributed by atoms with van der Waals surface area (Å²) in [7, 11) is 0. The summed E-state index contributed by atoms with van der Waals surface area (Å²) in [5.74, 6) is 2.87. The number of hydrogen-bond acceptors (Lipinski definition) is 3. The minimum absolute atomic E-state index is 0.717. The first-order valence-electron chi connectivity index (χ1n) is 17.1. The van der Waals surface area contributed by atoms with Crippen molar-refractivity contribution >= 4 is 44.8 Å². The van der Waals surface area contributed by atoms with Crippen LogP contribution >= 0.6 is 36.2 Å². The molecule has 4 atom stereocenters. The highest BCUT2D eigenvalue weighted by Crippen LogP contribution is 2.26. The van der Waals surface area contributed by atoms with Crippen LogP contribution in [-0.2, 0) is 0 Å². The van der Waals surface area contributed by atoms with Gasteiger partial charge in [0.2, 0.25) is 0 Å². The van der Waals surface area contributed by atoms with Gasteiger partial charge in [0.25, 0.3) is 0 Å². The van der Waals surface area contributed by atoms with Crippen molar-refractivity contribution in [1.29, 1.82) is 0 Å². The summed E-state index contributed by atoms with van der Waals surface area (Å²) in [6, 6.07) is 0. The van der Waals surface area contributed by atoms with Crippen LogP contribution in [0.2, 0.25) is 0 Å². The van der Waals surface area contributed by atoms with Gasteiger partial charge in [-0.25, -0.2) is 0 Å². The van der Waals surface area contributed by atoms with Gasteiger partial charge in [-0.05, 0) is 61.1 Å². The Balaban J connectivity index is 5.77. The first kappa shape index (κ1) is 39.1. The normalized spacial score (nSPS) is 14.6. The maximum atomic E-state index is 6.23. The molecule has 0 bridgehead atoms. The predicted molar refractivity (Wildman–Crippen MR) is 189 cm³/mol. The average molecular weight is 601 g/mol. The van der Waals surface area contributed by atoms with Gasteiger partial charge in [-0.1, -0.05) is 157 Å². The molecule has 0 aromatic carbocycles. The number of unbranched alkanes of at least 4 members (excludes halogenated alkanes) is 4. The molecule has 0 heterocycles. The molecule has 0 rings (SSSR count). The molecule has 0 aliphatic carbocycles. The molecule has 0 amide bonds. The van der Waals surface area contributed by atoms with Crippen LogP contribution in [0.3, 0.4) is 0 Å². The molecule has 0 N–H and O–H groups in total. The zero-order valence-electron chi connectivity index (χ0n) is 27.6. The highest BCUT2D eigenvalue weighted by molar-refractivity contribution is 8.37. The third-order valence-electron chi connectivity index (χ3n) is 8.78. The van der Waals surface area contributed by atoms with Crippen LogP contribution in [-0.4, -0.2) is 44.6 Å². The summed E-state index contributed by atoms with van der Waals surface area (Å²) in [6.45, 7) is 23.0. The Morgan fingerprint density at radius 2 is 0.692 bits per heavy atom. The topological polar surface area (TPSA) is 6.48 Å². The standard InChI is InChI=1S/C34H68N2S3/c1-9-17-21-29(13-5)25-35(26-30(14-6)22-18-10-2)33(37)39-34(38)36(27-31(15-7)23-19-11-3)28-32(16-8)24-20-12-4/h29-32H,9-28H2,1-8H3. The average Bonchev–Trinajstić information content (AvgIpc) is 2.95. The lowest BCUT2D eigenvalue weighted by molar-refractivity contribution is 0.267. The monoisotopic (exact) mass is 600 g/mol. The van der Waals surface area contributed by atoms with E-state index in [4.69, 9.17) is 24.4 Å². The molecular formula is C34H68N2S3. The lowest BCUT2D eigenvalue weighted by Crippen LogP contribution is -2.40. The molecule has 0 aliphatic rings. The van der Waals surface area contributed by atoms with Crippen molar-refractivity contribution in [3.05, 3.63) is 0 Å². The Kier molecular flexibility index (Phi) is 25.9. The van der Waals surface area contributed by atoms with Gasteiger partial charge in [0, 0.05) is 26.2 Å². The van der Waals surface area contributed by atoms with Crippen LogP contribution in [0.15, 0.2) is 0 Å². The lowest BCUT2D eigenvalue weighted by atomic mass is 9.96. The van der Waals surface area contributed by atoms with Crippen LogP contribution in [0.1, 0.15) is 158 Å². The van der Waals surface area contributed by atoms with Crippen molar-refractivity contribution in [3.63, 3.8) is 0 Å². The summed E-state index contributed by atoms with van der Waals surface area (Å²) < 4.78 is 2.05. The Labute approximate surface area is 261 Å². The zero-order valence-corrected chi connectivity index (χ0v) is 30.0. The molecule has 0 aliphatic heterocycles. The maximum Gasteiger partial charge on any atom is 0.143 e. The van der Waals surface area contributed by atoms with Gasteiger partial charge in [0.05, 0.1) is 0 Å². The van der Waals surface area contributed by atoms with Gasteiger partial charge in [0.15, 0.2) is 0 Å². The van der Waals surface area contributed by atoms with Crippen LogP contribution in [0.25, 0.3) is 0 Å². The molecule has 0 spiro atoms. The molecule has 0 saturated carbocycles. The zero-order chi connectivity index (χ0) is 29.5. The molecule has 0 aromatic rings. The Hall–Kier alpha value is 0.130. The number of thiocarbonyl (C=S) groups is 2. The third-order valence-corrected chi connectivity index (χ3v) is 10.7. The minimum atomic E-state index is 0.717. The SMILES string of the molecule is CCCCC(CC)CN(CC(CC)CCCC)C(=S)SC(=S)N(CC(CC)CCCC)CC(CC)CCCC. The van der Waals surface area contributed by atoms with E-state index in [1.54, 1.807) is 11.8 Å². The minimum Gasteiger partial charge on any atom is -0.357 e. The van der Waals surface area contributed by atoms with E-state index in [0.717, 1.165) is 34.8 Å². The van der Waals surface area contributed by atoms with Crippen LogP contribution in [0.5, 0.6) is 0 Å². The fraction of sp³-hybridized carbons (Fsp3) is 0.941. The second-order valence-corrected chi connectivity index (χ2v) is 14.4. The first-order chi connectivity index (χ1) is 18.8. The van der Waals surface area contributed by atoms with Crippen molar-refractivity contribution in [1.82, 2.24) is 9.80 Å². The van der Waals surface area contributed by atoms with Crippen molar-refractivity contribution in [2.75, 3.05) is 26.2 Å². The van der Waals surface area contributed by atoms with Gasteiger partial charge < -0.3 is 9.80 Å². The van der Waals surface area contributed by atoms with Crippen molar-refractivity contribution in [3.8, 4) is 0 Å². The van der Waals surface area contributed by atoms with E-state index < -0.39 is 0 Å². The predicted octanol–water partition coefficient (Wildman–Crippen LogP) is 11.8. The van der Waals surface area contributed by atoms with Crippen molar-refractivity contribution < 1.29 is 0 Å². The van der Waals surface area contributed by atoms with Gasteiger partial charge in [0.1, 0.15) is 8.64 Å². The van der Waals surface area contributed by atoms with E-state index in [1.165, 1.54) is 103 Å². The molecule has 0 aromatic heterocycles. The van der Waals surface area contributed by atoms with E-state index in [0.29, 0.717) is 23.7 Å². The Morgan fingerprint density at radius 1 is 0.462 bits per heavy atom. The summed E-state index contributed by atoms with van der Waals surface area (Å²) >= 11 is 14.2. The quantitative estimate of drug-likeness (QED) is 0.101. The summed E-state index contributed by atoms with van der Waals surface area (Å²) in [5.41, 5.74) is 0. The highest BCUT2D eigenvalue weighted by atomic mass is 32.2. The largest absolute Gasteiger partial charge is 0.357 e. The molecule has 39 heavy (non-hydrogen) atoms. The molecule has 4 unspecified atom stereocenters. The Bertz CT molecular complexity index is 511. The number of thioether (sulfide) groups is 1. The fourth-order valence-electron chi connectivity index (χ4n) is 5.57. The molecule has 5 heteroatoms. The number of hydrogen-bond donors (Lipinski definition) is 0. The van der Waals surface area contributed by atoms with Crippen molar-refractivity contribution in [2.45, 2.75) is 158 Å². The second-order valence-electron chi connectivity index (χ2n) is 12.1. The van der Waals surface area contributed by atoms with Crippen molar-refractivity contribution in [2.24, 2.45) is 23.7 Å². The van der Waals surface area contributed by atoms with Gasteiger partial charge in [-0.15, -0.1) is 0 Å². The van der Waals surface area contributed by atoms with E-state index in [9.17, 15) is 0 Å². The van der Waals surface area contributed by atoms with E-state index in [1.807, 2.05) is 0 Å². The lowest BCUT2D eigenvalue weighted by Gasteiger charge is -2.35. The van der Waals surface area contributed by atoms with E-state index in [2.05, 4.69) is 65.2 Å². The van der Waals surface area contributed by atoms with Gasteiger partial charge in [-0.3, -0.25) is 0 Å². The smallest absolute Gasteiger partial charge is 0.143 e. The van der Waals surface area contributed by atoms with Gasteiger partial charge >= 0.3 is 0 Å². The fourth-order valence-corrected chi connectivity index (χ4v) is 7.20. The van der Waals surface area contributed by atoms with E-state index >= 15 is 0 Å². The number of nitrogens with zero attached hydrogens (tertiary/aromatic N) is 2. The molecule has 0 fully saturated rings. The summed E-state index contributed by atoms with van der Waals surface area (Å²) in [6.07, 6.45) is 20.5. The maximum absolute atomic E-state index is 6.23.